The molecule has 180 valence electrons. The van der Waals surface area contributed by atoms with Crippen molar-refractivity contribution < 1.29 is 4.79 Å². The Bertz CT molecular complexity index is 1060. The molecule has 8 nitrogen and oxygen atoms in total. The van der Waals surface area contributed by atoms with E-state index in [1.165, 1.54) is 11.8 Å². The minimum Gasteiger partial charge on any atom is -0.387 e. The van der Waals surface area contributed by atoms with Gasteiger partial charge in [0.1, 0.15) is 11.7 Å². The van der Waals surface area contributed by atoms with Gasteiger partial charge in [-0.2, -0.15) is 0 Å². The van der Waals surface area contributed by atoms with Crippen LogP contribution in [0.3, 0.4) is 0 Å². The Kier molecular flexibility index (Phi) is 7.82. The Morgan fingerprint density at radius 3 is 2.56 bits per heavy atom. The fourth-order valence-electron chi connectivity index (χ4n) is 3.82. The van der Waals surface area contributed by atoms with Crippen molar-refractivity contribution in [3.8, 4) is 0 Å². The van der Waals surface area contributed by atoms with Crippen LogP contribution in [-0.4, -0.2) is 40.5 Å². The molecule has 1 aliphatic carbocycles. The van der Waals surface area contributed by atoms with Crippen molar-refractivity contribution in [3.05, 3.63) is 30.3 Å². The number of amides is 1. The van der Waals surface area contributed by atoms with Crippen LogP contribution >= 0.6 is 11.8 Å². The molecular formula is C25H33N7OS. The normalized spacial score (nSPS) is 17.0. The van der Waals surface area contributed by atoms with Crippen LogP contribution in [0.5, 0.6) is 0 Å². The molecule has 2 aromatic rings. The number of amidine groups is 1. The van der Waals surface area contributed by atoms with Gasteiger partial charge in [-0.05, 0) is 73.5 Å². The maximum Gasteiger partial charge on any atom is 0.224 e. The summed E-state index contributed by atoms with van der Waals surface area (Å²) in [4.78, 5) is 28.9. The monoisotopic (exact) mass is 479 g/mol. The Morgan fingerprint density at radius 2 is 1.91 bits per heavy atom. The van der Waals surface area contributed by atoms with Gasteiger partial charge in [0.15, 0.2) is 11.0 Å². The average Bonchev–Trinajstić information content (AvgIpc) is 3.66. The van der Waals surface area contributed by atoms with Gasteiger partial charge in [0.2, 0.25) is 5.91 Å². The van der Waals surface area contributed by atoms with E-state index >= 15 is 0 Å². The maximum absolute atomic E-state index is 11.6. The molecule has 2 aliphatic rings. The van der Waals surface area contributed by atoms with E-state index in [0.717, 1.165) is 61.1 Å². The third kappa shape index (κ3) is 6.79. The number of benzene rings is 1. The number of aliphatic imine (C=N–C) groups is 1. The Hall–Kier alpha value is -2.94. The highest BCUT2D eigenvalue weighted by Crippen LogP contribution is 2.32. The highest BCUT2D eigenvalue weighted by molar-refractivity contribution is 7.99. The van der Waals surface area contributed by atoms with E-state index in [4.69, 9.17) is 16.1 Å². The molecule has 1 amide bonds. The third-order valence-electron chi connectivity index (χ3n) is 6.15. The zero-order chi connectivity index (χ0) is 24.1. The van der Waals surface area contributed by atoms with Crippen LogP contribution in [0.4, 0.5) is 17.3 Å². The fraction of sp³-hybridized carbons (Fsp3) is 0.480. The summed E-state index contributed by atoms with van der Waals surface area (Å²) in [7, 11) is 0. The molecule has 2 heterocycles. The van der Waals surface area contributed by atoms with Gasteiger partial charge in [0.05, 0.1) is 0 Å². The molecule has 0 bridgehead atoms. The summed E-state index contributed by atoms with van der Waals surface area (Å²) in [6.07, 6.45) is 5.27. The minimum absolute atomic E-state index is 0.0119. The van der Waals surface area contributed by atoms with Gasteiger partial charge in [-0.3, -0.25) is 4.79 Å². The molecule has 1 saturated heterocycles. The molecule has 4 N–H and O–H groups in total. The predicted molar refractivity (Wildman–Crippen MR) is 138 cm³/mol. The summed E-state index contributed by atoms with van der Waals surface area (Å²) < 4.78 is 0. The standard InChI is InChI=1S/C25H33N7OS/c1-3-24(33)28-18-6-8-19(9-7-18)34-25-30-22(29-21(27)14-20(26)17-4-5-17)15-23(31-25)32-12-10-16(2)11-13-32/h6-9,15-17,26H,3-5,10-14H2,1-2H3,(H,28,33)(H2,27,29,30,31). The van der Waals surface area contributed by atoms with Crippen LogP contribution in [0.15, 0.2) is 45.4 Å². The first-order valence-electron chi connectivity index (χ1n) is 12.0. The van der Waals surface area contributed by atoms with Crippen LogP contribution in [0.25, 0.3) is 0 Å². The maximum atomic E-state index is 11.6. The Labute approximate surface area is 205 Å². The number of aromatic nitrogens is 2. The number of hydrogen-bond donors (Lipinski definition) is 3. The second-order valence-corrected chi connectivity index (χ2v) is 10.2. The number of hydrogen-bond acceptors (Lipinski definition) is 7. The number of rotatable bonds is 9. The van der Waals surface area contributed by atoms with Gasteiger partial charge < -0.3 is 21.4 Å². The number of carbonyl (C=O) groups is 1. The first-order valence-corrected chi connectivity index (χ1v) is 12.8. The summed E-state index contributed by atoms with van der Waals surface area (Å²) in [6, 6.07) is 9.56. The molecule has 1 aromatic carbocycles. The lowest BCUT2D eigenvalue weighted by Crippen LogP contribution is -2.33. The topological polar surface area (TPSA) is 120 Å². The summed E-state index contributed by atoms with van der Waals surface area (Å²) in [5.74, 6) is 2.89. The van der Waals surface area contributed by atoms with Crippen LogP contribution in [-0.2, 0) is 4.79 Å². The number of nitrogens with two attached hydrogens (primary N) is 1. The zero-order valence-corrected chi connectivity index (χ0v) is 20.7. The number of piperidine rings is 1. The fourth-order valence-corrected chi connectivity index (χ4v) is 4.58. The first kappa shape index (κ1) is 24.2. The van der Waals surface area contributed by atoms with Crippen LogP contribution < -0.4 is 16.0 Å². The SMILES string of the molecule is CCC(=O)Nc1ccc(Sc2nc(N=C(N)CC(=N)C3CC3)cc(N3CCC(C)CC3)n2)cc1. The van der Waals surface area contributed by atoms with Crippen molar-refractivity contribution in [1.82, 2.24) is 9.97 Å². The number of carbonyl (C=O) groups excluding carboxylic acids is 1. The summed E-state index contributed by atoms with van der Waals surface area (Å²) >= 11 is 1.46. The quantitative estimate of drug-likeness (QED) is 0.264. The first-order chi connectivity index (χ1) is 16.4. The zero-order valence-electron chi connectivity index (χ0n) is 19.9. The number of nitrogens with zero attached hydrogens (tertiary/aromatic N) is 4. The molecule has 1 aromatic heterocycles. The largest absolute Gasteiger partial charge is 0.387 e. The molecule has 1 saturated carbocycles. The number of nitrogens with one attached hydrogen (secondary N) is 2. The highest BCUT2D eigenvalue weighted by Gasteiger charge is 2.26. The van der Waals surface area contributed by atoms with Crippen molar-refractivity contribution in [2.45, 2.75) is 62.4 Å². The lowest BCUT2D eigenvalue weighted by Gasteiger charge is -2.31. The van der Waals surface area contributed by atoms with E-state index in [1.54, 1.807) is 0 Å². The van der Waals surface area contributed by atoms with Crippen molar-refractivity contribution >= 4 is 46.5 Å². The van der Waals surface area contributed by atoms with E-state index in [1.807, 2.05) is 37.3 Å². The van der Waals surface area contributed by atoms with Gasteiger partial charge >= 0.3 is 0 Å². The van der Waals surface area contributed by atoms with E-state index in [9.17, 15) is 4.79 Å². The highest BCUT2D eigenvalue weighted by atomic mass is 32.2. The van der Waals surface area contributed by atoms with Crippen LogP contribution in [0.1, 0.15) is 52.4 Å². The molecule has 4 rings (SSSR count). The Morgan fingerprint density at radius 1 is 1.21 bits per heavy atom. The average molecular weight is 480 g/mol. The van der Waals surface area contributed by atoms with E-state index in [2.05, 4.69) is 27.1 Å². The number of anilines is 2. The lowest BCUT2D eigenvalue weighted by molar-refractivity contribution is -0.115. The molecule has 0 radical (unpaired) electrons. The van der Waals surface area contributed by atoms with Crippen LogP contribution in [0, 0.1) is 17.2 Å². The summed E-state index contributed by atoms with van der Waals surface area (Å²) in [5, 5.41) is 11.6. The molecule has 34 heavy (non-hydrogen) atoms. The minimum atomic E-state index is -0.0119. The molecule has 9 heteroatoms. The molecule has 0 spiro atoms. The van der Waals surface area contributed by atoms with Gasteiger partial charge in [0.25, 0.3) is 0 Å². The van der Waals surface area contributed by atoms with Gasteiger partial charge in [-0.15, -0.1) is 0 Å². The summed E-state index contributed by atoms with van der Waals surface area (Å²) in [6.45, 7) is 6.03. The predicted octanol–water partition coefficient (Wildman–Crippen LogP) is 5.02. The Balaban J connectivity index is 1.55. The summed E-state index contributed by atoms with van der Waals surface area (Å²) in [5.41, 5.74) is 7.61. The molecule has 1 aliphatic heterocycles. The van der Waals surface area contributed by atoms with E-state index < -0.39 is 0 Å². The second kappa shape index (κ2) is 11.0. The smallest absolute Gasteiger partial charge is 0.224 e. The van der Waals surface area contributed by atoms with Crippen LogP contribution in [0.2, 0.25) is 0 Å². The lowest BCUT2D eigenvalue weighted by atomic mass is 9.99. The van der Waals surface area contributed by atoms with E-state index in [-0.39, 0.29) is 5.91 Å². The van der Waals surface area contributed by atoms with Crippen molar-refractivity contribution in [3.63, 3.8) is 0 Å². The molecule has 0 unspecified atom stereocenters. The second-order valence-electron chi connectivity index (χ2n) is 9.14. The van der Waals surface area contributed by atoms with Gasteiger partial charge in [-0.1, -0.05) is 13.8 Å². The van der Waals surface area contributed by atoms with Crippen molar-refractivity contribution in [2.75, 3.05) is 23.3 Å². The van der Waals surface area contributed by atoms with E-state index in [0.29, 0.717) is 41.3 Å². The third-order valence-corrected chi connectivity index (χ3v) is 7.03. The van der Waals surface area contributed by atoms with Crippen molar-refractivity contribution in [2.24, 2.45) is 22.6 Å². The molecule has 2 fully saturated rings. The van der Waals surface area contributed by atoms with Gasteiger partial charge in [0, 0.05) is 48.3 Å². The van der Waals surface area contributed by atoms with Gasteiger partial charge in [-0.25, -0.2) is 15.0 Å². The molecule has 0 atom stereocenters. The van der Waals surface area contributed by atoms with Crippen molar-refractivity contribution in [1.29, 1.82) is 5.41 Å². The molecular weight excluding hydrogens is 446 g/mol.